The highest BCUT2D eigenvalue weighted by atomic mass is 15.2. The van der Waals surface area contributed by atoms with E-state index >= 15 is 0 Å². The maximum atomic E-state index is 4.41. The highest BCUT2D eigenvalue weighted by Crippen LogP contribution is 2.26. The minimum atomic E-state index is 0.295. The number of imidazole rings is 1. The van der Waals surface area contributed by atoms with Crippen LogP contribution in [0.5, 0.6) is 0 Å². The van der Waals surface area contributed by atoms with Crippen LogP contribution in [0.1, 0.15) is 32.5 Å². The van der Waals surface area contributed by atoms with Crippen molar-refractivity contribution in [1.29, 1.82) is 0 Å². The lowest BCUT2D eigenvalue weighted by Gasteiger charge is -2.46. The van der Waals surface area contributed by atoms with Gasteiger partial charge >= 0.3 is 0 Å². The second kappa shape index (κ2) is 7.57. The van der Waals surface area contributed by atoms with Gasteiger partial charge in [0.05, 0.1) is 0 Å². The van der Waals surface area contributed by atoms with Gasteiger partial charge in [0.15, 0.2) is 0 Å². The van der Waals surface area contributed by atoms with Crippen LogP contribution in [0.2, 0.25) is 0 Å². The van der Waals surface area contributed by atoms with Gasteiger partial charge in [-0.25, -0.2) is 4.98 Å². The van der Waals surface area contributed by atoms with Gasteiger partial charge < -0.3 is 19.7 Å². The Bertz CT molecular complexity index is 446. The standard InChI is InChI=1S/C17H33N5/c1-6-16-18-9-12-22(16)13-15(2)19-14-17(20(3)4)7-10-21(5)11-8-17/h9,12,15,19H,6-8,10-11,13-14H2,1-5H3/t15-/m1/s1. The van der Waals surface area contributed by atoms with Crippen molar-refractivity contribution < 1.29 is 0 Å². The normalized spacial score (nSPS) is 20.5. The van der Waals surface area contributed by atoms with Crippen LogP contribution in [-0.2, 0) is 13.0 Å². The molecule has 22 heavy (non-hydrogen) atoms. The SMILES string of the molecule is CCc1nccn1C[C@@H](C)NCC1(N(C)C)CCN(C)CC1. The van der Waals surface area contributed by atoms with Crippen molar-refractivity contribution in [3.8, 4) is 0 Å². The Kier molecular flexibility index (Phi) is 6.01. The highest BCUT2D eigenvalue weighted by molar-refractivity contribution is 4.96. The molecule has 0 aliphatic carbocycles. The molecule has 0 unspecified atom stereocenters. The summed E-state index contributed by atoms with van der Waals surface area (Å²) in [6.07, 6.45) is 7.47. The van der Waals surface area contributed by atoms with E-state index < -0.39 is 0 Å². The number of hydrogen-bond acceptors (Lipinski definition) is 4. The predicted octanol–water partition coefficient (Wildman–Crippen LogP) is 1.45. The molecular formula is C17H33N5. The Morgan fingerprint density at radius 3 is 2.64 bits per heavy atom. The largest absolute Gasteiger partial charge is 0.333 e. The third-order valence-corrected chi connectivity index (χ3v) is 5.23. The van der Waals surface area contributed by atoms with E-state index in [1.807, 2.05) is 6.20 Å². The highest BCUT2D eigenvalue weighted by Gasteiger charge is 2.35. The molecule has 1 aromatic rings. The summed E-state index contributed by atoms with van der Waals surface area (Å²) in [5.41, 5.74) is 0.295. The van der Waals surface area contributed by atoms with Gasteiger partial charge in [-0.05, 0) is 54.0 Å². The van der Waals surface area contributed by atoms with E-state index in [-0.39, 0.29) is 0 Å². The quantitative estimate of drug-likeness (QED) is 0.827. The van der Waals surface area contributed by atoms with Crippen LogP contribution in [0, 0.1) is 0 Å². The van der Waals surface area contributed by atoms with E-state index in [0.29, 0.717) is 11.6 Å². The number of rotatable bonds is 7. The fourth-order valence-corrected chi connectivity index (χ4v) is 3.36. The predicted molar refractivity (Wildman–Crippen MR) is 92.2 cm³/mol. The van der Waals surface area contributed by atoms with Gasteiger partial charge in [-0.3, -0.25) is 0 Å². The average molecular weight is 307 g/mol. The van der Waals surface area contributed by atoms with Crippen molar-refractivity contribution in [2.75, 3.05) is 40.8 Å². The molecular weight excluding hydrogens is 274 g/mol. The average Bonchev–Trinajstić information content (AvgIpc) is 2.94. The molecule has 0 radical (unpaired) electrons. The number of aryl methyl sites for hydroxylation is 1. The second-order valence-corrected chi connectivity index (χ2v) is 7.05. The van der Waals surface area contributed by atoms with E-state index in [4.69, 9.17) is 0 Å². The van der Waals surface area contributed by atoms with Crippen molar-refractivity contribution >= 4 is 0 Å². The fraction of sp³-hybridized carbons (Fsp3) is 0.824. The van der Waals surface area contributed by atoms with Crippen LogP contribution in [-0.4, -0.2) is 71.7 Å². The first-order valence-corrected chi connectivity index (χ1v) is 8.56. The minimum absolute atomic E-state index is 0.295. The number of likely N-dealkylation sites (N-methyl/N-ethyl adjacent to an activating group) is 1. The van der Waals surface area contributed by atoms with E-state index in [1.165, 1.54) is 31.8 Å². The zero-order valence-corrected chi connectivity index (χ0v) is 15.0. The summed E-state index contributed by atoms with van der Waals surface area (Å²) in [7, 11) is 6.67. The third kappa shape index (κ3) is 4.09. The van der Waals surface area contributed by atoms with E-state index in [9.17, 15) is 0 Å². The molecule has 0 amide bonds. The molecule has 0 aromatic carbocycles. The van der Waals surface area contributed by atoms with Crippen LogP contribution in [0.25, 0.3) is 0 Å². The summed E-state index contributed by atoms with van der Waals surface area (Å²) in [5, 5.41) is 3.77. The lowest BCUT2D eigenvalue weighted by atomic mass is 9.86. The molecule has 1 aliphatic rings. The minimum Gasteiger partial charge on any atom is -0.333 e. The third-order valence-electron chi connectivity index (χ3n) is 5.23. The first-order chi connectivity index (χ1) is 10.5. The topological polar surface area (TPSA) is 36.3 Å². The molecule has 2 heterocycles. The summed E-state index contributed by atoms with van der Waals surface area (Å²) in [5.74, 6) is 1.18. The molecule has 1 fully saturated rings. The van der Waals surface area contributed by atoms with E-state index in [1.54, 1.807) is 0 Å². The van der Waals surface area contributed by atoms with Crippen molar-refractivity contribution in [3.63, 3.8) is 0 Å². The molecule has 0 spiro atoms. The molecule has 5 heteroatoms. The molecule has 1 aliphatic heterocycles. The number of likely N-dealkylation sites (tertiary alicyclic amines) is 1. The lowest BCUT2D eigenvalue weighted by molar-refractivity contribution is 0.0634. The van der Waals surface area contributed by atoms with Crippen molar-refractivity contribution in [2.45, 2.75) is 51.2 Å². The summed E-state index contributed by atoms with van der Waals surface area (Å²) < 4.78 is 2.27. The van der Waals surface area contributed by atoms with Crippen LogP contribution in [0.15, 0.2) is 12.4 Å². The van der Waals surface area contributed by atoms with Crippen LogP contribution >= 0.6 is 0 Å². The maximum Gasteiger partial charge on any atom is 0.108 e. The van der Waals surface area contributed by atoms with Gasteiger partial charge in [-0.15, -0.1) is 0 Å². The molecule has 1 saturated heterocycles. The first-order valence-electron chi connectivity index (χ1n) is 8.56. The van der Waals surface area contributed by atoms with Gasteiger partial charge in [0.25, 0.3) is 0 Å². The van der Waals surface area contributed by atoms with Crippen LogP contribution in [0.4, 0.5) is 0 Å². The van der Waals surface area contributed by atoms with Crippen molar-refractivity contribution in [3.05, 3.63) is 18.2 Å². The zero-order valence-electron chi connectivity index (χ0n) is 15.0. The van der Waals surface area contributed by atoms with Gasteiger partial charge in [-0.2, -0.15) is 0 Å². The molecule has 1 atom stereocenters. The summed E-state index contributed by atoms with van der Waals surface area (Å²) >= 11 is 0. The van der Waals surface area contributed by atoms with Gasteiger partial charge in [-0.1, -0.05) is 6.92 Å². The van der Waals surface area contributed by atoms with E-state index in [0.717, 1.165) is 19.5 Å². The second-order valence-electron chi connectivity index (χ2n) is 7.05. The summed E-state index contributed by atoms with van der Waals surface area (Å²) in [6, 6.07) is 0.455. The molecule has 126 valence electrons. The Morgan fingerprint density at radius 1 is 1.36 bits per heavy atom. The molecule has 1 aromatic heterocycles. The zero-order chi connectivity index (χ0) is 16.2. The number of piperidine rings is 1. The molecule has 2 rings (SSSR count). The number of aromatic nitrogens is 2. The maximum absolute atomic E-state index is 4.41. The number of hydrogen-bond donors (Lipinski definition) is 1. The Hall–Kier alpha value is -0.910. The van der Waals surface area contributed by atoms with Gasteiger partial charge in [0.1, 0.15) is 5.82 Å². The molecule has 5 nitrogen and oxygen atoms in total. The number of nitrogens with one attached hydrogen (secondary N) is 1. The van der Waals surface area contributed by atoms with Crippen LogP contribution < -0.4 is 5.32 Å². The van der Waals surface area contributed by atoms with Gasteiger partial charge in [0, 0.05) is 43.5 Å². The molecule has 0 saturated carbocycles. The van der Waals surface area contributed by atoms with Crippen LogP contribution in [0.3, 0.4) is 0 Å². The molecule has 1 N–H and O–H groups in total. The monoisotopic (exact) mass is 307 g/mol. The van der Waals surface area contributed by atoms with Gasteiger partial charge in [0.2, 0.25) is 0 Å². The fourth-order valence-electron chi connectivity index (χ4n) is 3.36. The smallest absolute Gasteiger partial charge is 0.108 e. The lowest BCUT2D eigenvalue weighted by Crippen LogP contribution is -2.58. The Morgan fingerprint density at radius 2 is 2.05 bits per heavy atom. The molecule has 0 bridgehead atoms. The summed E-state index contributed by atoms with van der Waals surface area (Å²) in [6.45, 7) is 8.87. The Balaban J connectivity index is 1.89. The van der Waals surface area contributed by atoms with Crippen molar-refractivity contribution in [1.82, 2.24) is 24.7 Å². The van der Waals surface area contributed by atoms with E-state index in [2.05, 4.69) is 65.9 Å². The summed E-state index contributed by atoms with van der Waals surface area (Å²) in [4.78, 5) is 9.27. The number of nitrogens with zero attached hydrogens (tertiary/aromatic N) is 4. The van der Waals surface area contributed by atoms with Crippen molar-refractivity contribution in [2.24, 2.45) is 0 Å². The Labute approximate surface area is 135 Å². The first kappa shape index (κ1) is 17.4.